The van der Waals surface area contributed by atoms with Crippen LogP contribution in [-0.4, -0.2) is 10.2 Å². The Bertz CT molecular complexity index is 548. The predicted molar refractivity (Wildman–Crippen MR) is 69.4 cm³/mol. The molecule has 0 bridgehead atoms. The molecule has 88 valence electrons. The average molecular weight is 337 g/mol. The van der Waals surface area contributed by atoms with Gasteiger partial charge in [-0.25, -0.2) is 4.39 Å². The molecule has 7 heteroatoms. The van der Waals surface area contributed by atoms with Crippen LogP contribution in [0.15, 0.2) is 28.7 Å². The summed E-state index contributed by atoms with van der Waals surface area (Å²) in [5.41, 5.74) is 0.525. The second-order valence-corrected chi connectivity index (χ2v) is 4.76. The molecule has 0 radical (unpaired) electrons. The van der Waals surface area contributed by atoms with E-state index in [1.165, 1.54) is 12.1 Å². The van der Waals surface area contributed by atoms with Crippen molar-refractivity contribution in [2.24, 2.45) is 0 Å². The molecule has 1 aromatic carbocycles. The van der Waals surface area contributed by atoms with Crippen LogP contribution in [0.25, 0.3) is 0 Å². The van der Waals surface area contributed by atoms with Gasteiger partial charge >= 0.3 is 0 Å². The zero-order chi connectivity index (χ0) is 12.4. The molecule has 0 unspecified atom stereocenters. The highest BCUT2D eigenvalue weighted by atomic mass is 79.9. The molecule has 0 atom stereocenters. The van der Waals surface area contributed by atoms with Gasteiger partial charge in [0.25, 0.3) is 0 Å². The molecule has 0 saturated carbocycles. The van der Waals surface area contributed by atoms with E-state index in [9.17, 15) is 4.39 Å². The van der Waals surface area contributed by atoms with E-state index in [1.54, 1.807) is 12.1 Å². The fourth-order valence-corrected chi connectivity index (χ4v) is 1.78. The summed E-state index contributed by atoms with van der Waals surface area (Å²) in [5.74, 6) is 0.0394. The lowest BCUT2D eigenvalue weighted by Gasteiger charge is -2.08. The summed E-state index contributed by atoms with van der Waals surface area (Å²) in [6.07, 6.45) is 0. The molecule has 2 aromatic rings. The highest BCUT2D eigenvalue weighted by Gasteiger charge is 2.07. The van der Waals surface area contributed by atoms with Gasteiger partial charge in [-0.1, -0.05) is 23.2 Å². The quantitative estimate of drug-likeness (QED) is 0.824. The molecule has 0 aliphatic carbocycles. The predicted octanol–water partition coefficient (Wildman–Crippen LogP) is 4.43. The van der Waals surface area contributed by atoms with Crippen molar-refractivity contribution in [3.8, 4) is 0 Å². The van der Waals surface area contributed by atoms with E-state index < -0.39 is 5.82 Å². The van der Waals surface area contributed by atoms with Crippen molar-refractivity contribution in [2.45, 2.75) is 0 Å². The molecule has 1 heterocycles. The molecule has 0 aliphatic heterocycles. The lowest BCUT2D eigenvalue weighted by Crippen LogP contribution is -1.96. The third kappa shape index (κ3) is 3.06. The van der Waals surface area contributed by atoms with E-state index in [2.05, 4.69) is 31.4 Å². The summed E-state index contributed by atoms with van der Waals surface area (Å²) < 4.78 is 13.5. The first kappa shape index (κ1) is 12.5. The summed E-state index contributed by atoms with van der Waals surface area (Å²) in [5, 5.41) is 10.9. The smallest absolute Gasteiger partial charge is 0.153 e. The minimum Gasteiger partial charge on any atom is -0.337 e. The van der Waals surface area contributed by atoms with E-state index >= 15 is 0 Å². The van der Waals surface area contributed by atoms with Crippen molar-refractivity contribution < 1.29 is 4.39 Å². The summed E-state index contributed by atoms with van der Waals surface area (Å²) in [6.45, 7) is 0. The molecular formula is C10H5BrCl2FN3. The van der Waals surface area contributed by atoms with Crippen molar-refractivity contribution in [3.05, 3.63) is 44.7 Å². The van der Waals surface area contributed by atoms with Crippen LogP contribution in [0.2, 0.25) is 10.2 Å². The van der Waals surface area contributed by atoms with Crippen molar-refractivity contribution in [1.82, 2.24) is 10.2 Å². The largest absolute Gasteiger partial charge is 0.337 e. The molecule has 0 aliphatic rings. The fraction of sp³-hybridized carbons (Fsp3) is 0. The molecule has 0 amide bonds. The zero-order valence-corrected chi connectivity index (χ0v) is 11.3. The molecule has 1 aromatic heterocycles. The molecule has 3 nitrogen and oxygen atoms in total. The lowest BCUT2D eigenvalue weighted by molar-refractivity contribution is 0.621. The Kier molecular flexibility index (Phi) is 3.81. The molecule has 17 heavy (non-hydrogen) atoms. The van der Waals surface area contributed by atoms with E-state index in [0.29, 0.717) is 21.1 Å². The number of benzene rings is 1. The Hall–Kier alpha value is -0.910. The van der Waals surface area contributed by atoms with Gasteiger partial charge in [0.1, 0.15) is 5.82 Å². The maximum atomic E-state index is 13.1. The number of hydrogen-bond donors (Lipinski definition) is 1. The van der Waals surface area contributed by atoms with Gasteiger partial charge in [0.15, 0.2) is 11.0 Å². The third-order valence-electron chi connectivity index (χ3n) is 1.90. The maximum Gasteiger partial charge on any atom is 0.153 e. The highest BCUT2D eigenvalue weighted by Crippen LogP contribution is 2.30. The van der Waals surface area contributed by atoms with Gasteiger partial charge in [-0.3, -0.25) is 0 Å². The number of rotatable bonds is 2. The summed E-state index contributed by atoms with van der Waals surface area (Å²) in [6, 6.07) is 5.96. The van der Waals surface area contributed by atoms with Gasteiger partial charge in [0.05, 0.1) is 15.2 Å². The van der Waals surface area contributed by atoms with E-state index in [1.807, 2.05) is 0 Å². The van der Waals surface area contributed by atoms with Crippen molar-refractivity contribution in [3.63, 3.8) is 0 Å². The molecule has 1 N–H and O–H groups in total. The Balaban J connectivity index is 2.30. The van der Waals surface area contributed by atoms with Crippen molar-refractivity contribution >= 4 is 50.6 Å². The number of hydrogen-bond acceptors (Lipinski definition) is 3. The Labute approximate surface area is 115 Å². The second kappa shape index (κ2) is 5.16. The average Bonchev–Trinajstić information content (AvgIpc) is 2.29. The standard InChI is InChI=1S/C10H5BrCl2FN3/c11-5-3-8(6(12)4-7(5)14)15-10-2-1-9(13)16-17-10/h1-4H,(H,15,17). The van der Waals surface area contributed by atoms with Gasteiger partial charge in [-0.05, 0) is 40.2 Å². The van der Waals surface area contributed by atoms with Crippen LogP contribution in [-0.2, 0) is 0 Å². The molecule has 0 spiro atoms. The number of anilines is 2. The summed E-state index contributed by atoms with van der Waals surface area (Å²) in [4.78, 5) is 0. The van der Waals surface area contributed by atoms with Gasteiger partial charge in [-0.15, -0.1) is 10.2 Å². The minimum atomic E-state index is -0.428. The van der Waals surface area contributed by atoms with Crippen LogP contribution in [0.5, 0.6) is 0 Å². The minimum absolute atomic E-state index is 0.252. The lowest BCUT2D eigenvalue weighted by atomic mass is 10.3. The van der Waals surface area contributed by atoms with Crippen LogP contribution in [0.3, 0.4) is 0 Å². The van der Waals surface area contributed by atoms with Gasteiger partial charge in [0, 0.05) is 0 Å². The SMILES string of the molecule is Fc1cc(Cl)c(Nc2ccc(Cl)nn2)cc1Br. The third-order valence-corrected chi connectivity index (χ3v) is 3.03. The van der Waals surface area contributed by atoms with Gasteiger partial charge < -0.3 is 5.32 Å². The van der Waals surface area contributed by atoms with E-state index in [-0.39, 0.29) is 5.02 Å². The first-order valence-electron chi connectivity index (χ1n) is 4.47. The summed E-state index contributed by atoms with van der Waals surface area (Å²) >= 11 is 14.6. The van der Waals surface area contributed by atoms with Crippen LogP contribution in [0.4, 0.5) is 15.9 Å². The Morgan fingerprint density at radius 3 is 2.59 bits per heavy atom. The Morgan fingerprint density at radius 1 is 1.18 bits per heavy atom. The number of nitrogens with zero attached hydrogens (tertiary/aromatic N) is 2. The van der Waals surface area contributed by atoms with Crippen LogP contribution < -0.4 is 5.32 Å². The first-order valence-corrected chi connectivity index (χ1v) is 6.02. The summed E-state index contributed by atoms with van der Waals surface area (Å²) in [7, 11) is 0. The van der Waals surface area contributed by atoms with Crippen molar-refractivity contribution in [2.75, 3.05) is 5.32 Å². The number of nitrogens with one attached hydrogen (secondary N) is 1. The Morgan fingerprint density at radius 2 is 1.94 bits per heavy atom. The number of aromatic nitrogens is 2. The molecular weight excluding hydrogens is 332 g/mol. The van der Waals surface area contributed by atoms with Crippen LogP contribution in [0, 0.1) is 5.82 Å². The first-order chi connectivity index (χ1) is 8.06. The topological polar surface area (TPSA) is 37.8 Å². The van der Waals surface area contributed by atoms with E-state index in [4.69, 9.17) is 23.2 Å². The monoisotopic (exact) mass is 335 g/mol. The second-order valence-electron chi connectivity index (χ2n) is 3.11. The number of halogens is 4. The zero-order valence-electron chi connectivity index (χ0n) is 8.22. The van der Waals surface area contributed by atoms with Crippen LogP contribution in [0.1, 0.15) is 0 Å². The molecule has 2 rings (SSSR count). The highest BCUT2D eigenvalue weighted by molar-refractivity contribution is 9.10. The van der Waals surface area contributed by atoms with Crippen LogP contribution >= 0.6 is 39.1 Å². The van der Waals surface area contributed by atoms with Gasteiger partial charge in [0.2, 0.25) is 0 Å². The maximum absolute atomic E-state index is 13.1. The fourth-order valence-electron chi connectivity index (χ4n) is 1.14. The molecule has 0 fully saturated rings. The normalized spacial score (nSPS) is 10.4. The van der Waals surface area contributed by atoms with E-state index in [0.717, 1.165) is 0 Å². The van der Waals surface area contributed by atoms with Crippen molar-refractivity contribution in [1.29, 1.82) is 0 Å². The van der Waals surface area contributed by atoms with Gasteiger partial charge in [-0.2, -0.15) is 0 Å². The molecule has 0 saturated heterocycles.